The van der Waals surface area contributed by atoms with Crippen LogP contribution in [0.15, 0.2) is 78.0 Å². The number of nitrogens with zero attached hydrogens (tertiary/aromatic N) is 7. The van der Waals surface area contributed by atoms with E-state index in [1.165, 1.54) is 0 Å². The largest absolute Gasteiger partial charge is 0.460 e. The van der Waals surface area contributed by atoms with Gasteiger partial charge in [0.25, 0.3) is 0 Å². The highest BCUT2D eigenvalue weighted by Crippen LogP contribution is 2.32. The summed E-state index contributed by atoms with van der Waals surface area (Å²) in [4.78, 5) is 15.3. The van der Waals surface area contributed by atoms with Crippen LogP contribution in [0.5, 0.6) is 11.6 Å². The van der Waals surface area contributed by atoms with Crippen LogP contribution in [-0.4, -0.2) is 48.5 Å². The molecule has 2 aromatic carbocycles. The molecule has 0 aliphatic carbocycles. The van der Waals surface area contributed by atoms with Crippen LogP contribution in [0.1, 0.15) is 11.3 Å². The maximum absolute atomic E-state index is 6.05. The van der Waals surface area contributed by atoms with Gasteiger partial charge in [0.2, 0.25) is 5.88 Å². The number of nitrogens with one attached hydrogen (secondary N) is 1. The molecule has 10 heteroatoms. The van der Waals surface area contributed by atoms with E-state index in [0.717, 1.165) is 45.8 Å². The van der Waals surface area contributed by atoms with Crippen molar-refractivity contribution < 1.29 is 9.15 Å². The summed E-state index contributed by atoms with van der Waals surface area (Å²) < 4.78 is 13.8. The van der Waals surface area contributed by atoms with Crippen molar-refractivity contribution in [2.75, 3.05) is 19.4 Å². The van der Waals surface area contributed by atoms with Gasteiger partial charge in [-0.15, -0.1) is 10.2 Å². The van der Waals surface area contributed by atoms with Gasteiger partial charge in [-0.05, 0) is 75.1 Å². The third-order valence-electron chi connectivity index (χ3n) is 5.87. The average Bonchev–Trinajstić information content (AvgIpc) is 3.55. The summed E-state index contributed by atoms with van der Waals surface area (Å²) >= 11 is 0. The second kappa shape index (κ2) is 9.32. The summed E-state index contributed by atoms with van der Waals surface area (Å²) in [5.41, 5.74) is 4.29. The van der Waals surface area contributed by atoms with Gasteiger partial charge in [-0.2, -0.15) is 0 Å². The van der Waals surface area contributed by atoms with Gasteiger partial charge in [-0.3, -0.25) is 4.40 Å². The molecule has 37 heavy (non-hydrogen) atoms. The van der Waals surface area contributed by atoms with E-state index in [1.807, 2.05) is 69.6 Å². The van der Waals surface area contributed by atoms with Crippen LogP contribution < -0.4 is 10.1 Å². The molecule has 4 heterocycles. The minimum absolute atomic E-state index is 0.449. The van der Waals surface area contributed by atoms with Crippen LogP contribution >= 0.6 is 0 Å². The SMILES string of the molecule is Cc1cc(Nc2ncnc3ccc(-c4ccc(CN(C)C)o4)cc23)ccc1Oc1cc2nncn2cn1. The number of ether oxygens (including phenoxy) is 1. The van der Waals surface area contributed by atoms with E-state index < -0.39 is 0 Å². The molecule has 4 aromatic heterocycles. The smallest absolute Gasteiger partial charge is 0.224 e. The summed E-state index contributed by atoms with van der Waals surface area (Å²) in [7, 11) is 4.03. The number of anilines is 2. The summed E-state index contributed by atoms with van der Waals surface area (Å²) in [6.07, 6.45) is 4.77. The number of benzene rings is 2. The van der Waals surface area contributed by atoms with Gasteiger partial charge in [0.15, 0.2) is 5.65 Å². The minimum atomic E-state index is 0.449. The maximum atomic E-state index is 6.05. The number of aryl methyl sites for hydroxylation is 1. The predicted molar refractivity (Wildman–Crippen MR) is 140 cm³/mol. The van der Waals surface area contributed by atoms with E-state index in [2.05, 4.69) is 35.4 Å². The lowest BCUT2D eigenvalue weighted by Gasteiger charge is -2.12. The quantitative estimate of drug-likeness (QED) is 0.320. The van der Waals surface area contributed by atoms with E-state index in [1.54, 1.807) is 29.4 Å². The lowest BCUT2D eigenvalue weighted by Crippen LogP contribution is -2.09. The lowest BCUT2D eigenvalue weighted by molar-refractivity contribution is 0.353. The van der Waals surface area contributed by atoms with Gasteiger partial charge in [0.1, 0.15) is 42.1 Å². The van der Waals surface area contributed by atoms with Crippen molar-refractivity contribution in [2.45, 2.75) is 13.5 Å². The van der Waals surface area contributed by atoms with E-state index in [0.29, 0.717) is 23.1 Å². The summed E-state index contributed by atoms with van der Waals surface area (Å²) in [6.45, 7) is 2.72. The zero-order valence-corrected chi connectivity index (χ0v) is 20.6. The Kier molecular flexibility index (Phi) is 5.70. The molecule has 184 valence electrons. The summed E-state index contributed by atoms with van der Waals surface area (Å²) in [6, 6.07) is 17.6. The molecular weight excluding hydrogens is 468 g/mol. The summed E-state index contributed by atoms with van der Waals surface area (Å²) in [5, 5.41) is 12.2. The number of aromatic nitrogens is 6. The molecule has 1 N–H and O–H groups in total. The molecule has 0 atom stereocenters. The van der Waals surface area contributed by atoms with E-state index in [4.69, 9.17) is 9.15 Å². The molecule has 0 unspecified atom stereocenters. The number of hydrogen-bond donors (Lipinski definition) is 1. The fourth-order valence-electron chi connectivity index (χ4n) is 4.10. The Bertz CT molecular complexity index is 1720. The lowest BCUT2D eigenvalue weighted by atomic mass is 10.1. The van der Waals surface area contributed by atoms with E-state index >= 15 is 0 Å². The molecule has 10 nitrogen and oxygen atoms in total. The second-order valence-corrected chi connectivity index (χ2v) is 8.99. The Balaban J connectivity index is 1.26. The van der Waals surface area contributed by atoms with Gasteiger partial charge in [-0.25, -0.2) is 15.0 Å². The summed E-state index contributed by atoms with van der Waals surface area (Å²) in [5.74, 6) is 3.58. The van der Waals surface area contributed by atoms with Crippen LogP contribution in [0.25, 0.3) is 27.9 Å². The molecule has 6 rings (SSSR count). The van der Waals surface area contributed by atoms with E-state index in [-0.39, 0.29) is 0 Å². The normalized spacial score (nSPS) is 11.5. The Morgan fingerprint density at radius 1 is 0.973 bits per heavy atom. The van der Waals surface area contributed by atoms with Crippen molar-refractivity contribution in [3.8, 4) is 23.0 Å². The highest BCUT2D eigenvalue weighted by atomic mass is 16.5. The molecular formula is C27H24N8O2. The Morgan fingerprint density at radius 3 is 2.76 bits per heavy atom. The predicted octanol–water partition coefficient (Wildman–Crippen LogP) is 5.23. The van der Waals surface area contributed by atoms with E-state index in [9.17, 15) is 0 Å². The Morgan fingerprint density at radius 2 is 1.89 bits per heavy atom. The van der Waals surface area contributed by atoms with Gasteiger partial charge >= 0.3 is 0 Å². The molecule has 0 radical (unpaired) electrons. The first-order valence-corrected chi connectivity index (χ1v) is 11.7. The van der Waals surface area contributed by atoms with Gasteiger partial charge in [0.05, 0.1) is 12.1 Å². The van der Waals surface area contributed by atoms with Crippen molar-refractivity contribution in [1.82, 2.24) is 34.4 Å². The highest BCUT2D eigenvalue weighted by Gasteiger charge is 2.11. The molecule has 0 aliphatic heterocycles. The molecule has 0 spiro atoms. The fourth-order valence-corrected chi connectivity index (χ4v) is 4.10. The molecule has 0 fully saturated rings. The molecule has 6 aromatic rings. The third-order valence-corrected chi connectivity index (χ3v) is 5.87. The van der Waals surface area contributed by atoms with Crippen LogP contribution in [0.4, 0.5) is 11.5 Å². The zero-order valence-electron chi connectivity index (χ0n) is 20.6. The van der Waals surface area contributed by atoms with Gasteiger partial charge < -0.3 is 19.4 Å². The standard InChI is InChI=1S/C27H24N8O2/c1-17-10-19(5-8-23(17)37-26-12-25-33-31-16-35(25)15-30-26)32-27-21-11-18(4-7-22(21)28-14-29-27)24-9-6-20(36-24)13-34(2)3/h4-12,14-16H,13H2,1-3H3,(H,28,29,32). The van der Waals surface area contributed by atoms with Crippen molar-refractivity contribution in [1.29, 1.82) is 0 Å². The zero-order chi connectivity index (χ0) is 25.4. The van der Waals surface area contributed by atoms with Crippen molar-refractivity contribution in [3.63, 3.8) is 0 Å². The molecule has 0 saturated carbocycles. The van der Waals surface area contributed by atoms with Gasteiger partial charge in [0, 0.05) is 22.7 Å². The number of furan rings is 1. The van der Waals surface area contributed by atoms with Crippen LogP contribution in [0.3, 0.4) is 0 Å². The molecule has 0 bridgehead atoms. The van der Waals surface area contributed by atoms with Crippen molar-refractivity contribution in [2.24, 2.45) is 0 Å². The first-order chi connectivity index (χ1) is 18.0. The van der Waals surface area contributed by atoms with Crippen molar-refractivity contribution >= 4 is 28.1 Å². The van der Waals surface area contributed by atoms with Crippen LogP contribution in [0, 0.1) is 6.92 Å². The first-order valence-electron chi connectivity index (χ1n) is 11.7. The molecule has 0 amide bonds. The first kappa shape index (κ1) is 22.6. The number of hydrogen-bond acceptors (Lipinski definition) is 9. The second-order valence-electron chi connectivity index (χ2n) is 8.99. The van der Waals surface area contributed by atoms with Crippen LogP contribution in [0.2, 0.25) is 0 Å². The third kappa shape index (κ3) is 4.69. The topological polar surface area (TPSA) is 106 Å². The Labute approximate surface area is 212 Å². The average molecular weight is 493 g/mol. The maximum Gasteiger partial charge on any atom is 0.224 e. The molecule has 0 saturated heterocycles. The molecule has 0 aliphatic rings. The Hall–Kier alpha value is -4.83. The number of rotatable bonds is 7. The highest BCUT2D eigenvalue weighted by molar-refractivity contribution is 5.93. The monoisotopic (exact) mass is 492 g/mol. The minimum Gasteiger partial charge on any atom is -0.460 e. The van der Waals surface area contributed by atoms with Gasteiger partial charge in [-0.1, -0.05) is 0 Å². The fraction of sp³-hybridized carbons (Fsp3) is 0.148. The van der Waals surface area contributed by atoms with Crippen molar-refractivity contribution in [3.05, 3.63) is 84.9 Å². The van der Waals surface area contributed by atoms with Crippen LogP contribution in [-0.2, 0) is 6.54 Å². The number of fused-ring (bicyclic) bond motifs is 2.